The Kier molecular flexibility index (Phi) is 22.8. The van der Waals surface area contributed by atoms with E-state index in [1.165, 1.54) is 76.9 Å². The van der Waals surface area contributed by atoms with Crippen molar-refractivity contribution in [3.8, 4) is 44.9 Å². The van der Waals surface area contributed by atoms with Crippen molar-refractivity contribution in [3.63, 3.8) is 0 Å². The molecule has 0 heterocycles. The van der Waals surface area contributed by atoms with Gasteiger partial charge < -0.3 is 38.9 Å². The van der Waals surface area contributed by atoms with Gasteiger partial charge in [0, 0.05) is 112 Å². The Morgan fingerprint density at radius 3 is 0.741 bits per heavy atom. The largest absolute Gasteiger partial charge is 0.497 e. The van der Waals surface area contributed by atoms with Crippen molar-refractivity contribution in [2.24, 2.45) is 0 Å². The number of hydrogen-bond acceptors (Lipinski definition) is 8. The van der Waals surface area contributed by atoms with E-state index in [1.807, 2.05) is 30.3 Å². The number of fused-ring (bicyclic) bond motifs is 3. The second kappa shape index (κ2) is 35.2. The number of rotatable bonds is 20. The third-order valence-corrected chi connectivity index (χ3v) is 21.5. The lowest BCUT2D eigenvalue weighted by atomic mass is 10.0. The number of hydrogen-bond donors (Lipinski definition) is 0. The van der Waals surface area contributed by atoms with Gasteiger partial charge in [-0.3, -0.25) is 0 Å². The predicted octanol–water partition coefficient (Wildman–Crippen LogP) is 29.6. The van der Waals surface area contributed by atoms with Crippen LogP contribution < -0.4 is 38.9 Å². The molecule has 0 radical (unpaired) electrons. The summed E-state index contributed by atoms with van der Waals surface area (Å²) in [7, 11) is 9.67. The molecule has 18 rings (SSSR count). The molecule has 0 spiro atoms. The molecule has 0 unspecified atom stereocenters. The maximum atomic E-state index is 5.43. The van der Waals surface area contributed by atoms with Crippen LogP contribution in [0.4, 0.5) is 85.3 Å². The Morgan fingerprint density at radius 2 is 0.422 bits per heavy atom. The van der Waals surface area contributed by atoms with Gasteiger partial charge in [0.05, 0.1) is 31.3 Å². The molecule has 116 heavy (non-hydrogen) atoms. The number of benzene rings is 18. The molecule has 18 aromatic rings. The summed E-state index contributed by atoms with van der Waals surface area (Å²) >= 11 is 0. The number of ether oxygens (including phenoxy) is 2. The van der Waals surface area contributed by atoms with E-state index in [9.17, 15) is 0 Å². The van der Waals surface area contributed by atoms with Gasteiger partial charge in [-0.25, -0.2) is 0 Å². The molecule has 18 aromatic carbocycles. The molecule has 0 bridgehead atoms. The molecule has 0 aliphatic rings. The summed E-state index contributed by atoms with van der Waals surface area (Å²) in [6, 6.07) is 154. The summed E-state index contributed by atoms with van der Waals surface area (Å²) in [4.78, 5) is 13.6. The Morgan fingerprint density at radius 1 is 0.181 bits per heavy atom. The standard InChI is InChI=1S/2C36H30N2O.C36H30N2/c1-37(33-14-9-15-34(26-33)39-2)30-22-24-32(25-23-30)38(36-17-8-13-29-12-6-7-16-35(29)36)31-20-18-28(19-21-31)27-10-4-3-5-11-27;1-37(31-23-25-34(39-2)26-24-31)30-19-21-33(22-20-30)38(36-14-8-12-29-11-6-7-13-35(29)36)32-17-15-28(16-18-32)27-9-4-3-5-10-27;1-27-10-8-15-34(26-27)37(2)31-22-24-33(25-23-31)38(36-17-9-14-30-13-6-7-16-35(30)36)32-20-18-29(19-21-32)28-11-4-3-5-12-28/h2*3-26H,1-2H3;3-26H,1-2H3. The minimum Gasteiger partial charge on any atom is -0.497 e. The number of aryl methyl sites for hydroxylation is 1. The summed E-state index contributed by atoms with van der Waals surface area (Å²) < 4.78 is 10.7. The molecule has 564 valence electrons. The van der Waals surface area contributed by atoms with Crippen molar-refractivity contribution in [2.75, 3.05) is 64.8 Å². The molecule has 8 nitrogen and oxygen atoms in total. The first kappa shape index (κ1) is 75.2. The Balaban J connectivity index is 0.000000131. The summed E-state index contributed by atoms with van der Waals surface area (Å²) in [6.07, 6.45) is 0. The number of methoxy groups -OCH3 is 2. The van der Waals surface area contributed by atoms with Gasteiger partial charge in [-0.15, -0.1) is 0 Å². The van der Waals surface area contributed by atoms with Crippen molar-refractivity contribution in [1.29, 1.82) is 0 Å². The summed E-state index contributed by atoms with van der Waals surface area (Å²) in [5, 5.41) is 7.32. The van der Waals surface area contributed by atoms with Crippen LogP contribution in [0.25, 0.3) is 65.7 Å². The van der Waals surface area contributed by atoms with Gasteiger partial charge in [0.15, 0.2) is 0 Å². The van der Waals surface area contributed by atoms with Crippen LogP contribution in [0.15, 0.2) is 437 Å². The number of anilines is 15. The molecular weight excluding hydrogens is 1410 g/mol. The van der Waals surface area contributed by atoms with Crippen LogP contribution in [-0.4, -0.2) is 35.4 Å². The van der Waals surface area contributed by atoms with E-state index in [2.05, 4.69) is 464 Å². The van der Waals surface area contributed by atoms with E-state index in [-0.39, 0.29) is 0 Å². The highest BCUT2D eigenvalue weighted by molar-refractivity contribution is 6.02. The molecule has 0 N–H and O–H groups in total. The summed E-state index contributed by atoms with van der Waals surface area (Å²) in [6.45, 7) is 2.13. The highest BCUT2D eigenvalue weighted by Crippen LogP contribution is 2.45. The van der Waals surface area contributed by atoms with Crippen molar-refractivity contribution in [2.45, 2.75) is 6.92 Å². The monoisotopic (exact) mass is 1500 g/mol. The molecule has 0 atom stereocenters. The zero-order chi connectivity index (χ0) is 79.1. The minimum absolute atomic E-state index is 0.844. The maximum Gasteiger partial charge on any atom is 0.120 e. The molecule has 8 heteroatoms. The van der Waals surface area contributed by atoms with Gasteiger partial charge in [0.1, 0.15) is 11.5 Å². The Labute approximate surface area is 681 Å². The van der Waals surface area contributed by atoms with Gasteiger partial charge in [0.25, 0.3) is 0 Å². The molecule has 0 saturated heterocycles. The fourth-order valence-electron chi connectivity index (χ4n) is 15.2. The maximum absolute atomic E-state index is 5.43. The van der Waals surface area contributed by atoms with Crippen molar-refractivity contribution in [1.82, 2.24) is 0 Å². The van der Waals surface area contributed by atoms with Crippen LogP contribution in [0.1, 0.15) is 5.56 Å². The molecule has 0 aliphatic heterocycles. The minimum atomic E-state index is 0.844. The Bertz CT molecular complexity index is 6250. The smallest absolute Gasteiger partial charge is 0.120 e. The van der Waals surface area contributed by atoms with E-state index in [1.54, 1.807) is 14.2 Å². The average Bonchev–Trinajstić information content (AvgIpc) is 0.783. The van der Waals surface area contributed by atoms with E-state index in [0.717, 1.165) is 91.1 Å². The molecule has 0 saturated carbocycles. The van der Waals surface area contributed by atoms with E-state index in [0.29, 0.717) is 0 Å². The van der Waals surface area contributed by atoms with Gasteiger partial charge in [-0.1, -0.05) is 255 Å². The number of nitrogens with zero attached hydrogens (tertiary/aromatic N) is 6. The lowest BCUT2D eigenvalue weighted by Crippen LogP contribution is -2.12. The van der Waals surface area contributed by atoms with Crippen LogP contribution in [0.2, 0.25) is 0 Å². The van der Waals surface area contributed by atoms with E-state index < -0.39 is 0 Å². The topological polar surface area (TPSA) is 37.9 Å². The highest BCUT2D eigenvalue weighted by Gasteiger charge is 2.21. The normalized spacial score (nSPS) is 10.8. The zero-order valence-electron chi connectivity index (χ0n) is 66.1. The third-order valence-electron chi connectivity index (χ3n) is 21.5. The van der Waals surface area contributed by atoms with Crippen LogP contribution in [-0.2, 0) is 0 Å². The van der Waals surface area contributed by atoms with Crippen LogP contribution in [0, 0.1) is 6.92 Å². The van der Waals surface area contributed by atoms with Crippen LogP contribution in [0.3, 0.4) is 0 Å². The fourth-order valence-corrected chi connectivity index (χ4v) is 15.2. The first-order chi connectivity index (χ1) is 57.1. The second-order valence-electron chi connectivity index (χ2n) is 28.7. The van der Waals surface area contributed by atoms with E-state index >= 15 is 0 Å². The quantitative estimate of drug-likeness (QED) is 0.0747. The van der Waals surface area contributed by atoms with Gasteiger partial charge in [-0.05, 0) is 238 Å². The lowest BCUT2D eigenvalue weighted by Gasteiger charge is -2.28. The van der Waals surface area contributed by atoms with Crippen LogP contribution in [0.5, 0.6) is 11.5 Å². The summed E-state index contributed by atoms with van der Waals surface area (Å²) in [5.41, 5.74) is 25.4. The SMILES string of the molecule is COc1ccc(N(C)c2ccc(N(c3ccc(-c4ccccc4)cc3)c3cccc4ccccc34)cc2)cc1.COc1cccc(N(C)c2ccc(N(c3ccc(-c4ccccc4)cc3)c3cccc4ccccc34)cc2)c1.Cc1cccc(N(C)c2ccc(N(c3ccc(-c4ccccc4)cc3)c3cccc4ccccc34)cc2)c1. The van der Waals surface area contributed by atoms with Gasteiger partial charge >= 0.3 is 0 Å². The average molecular weight is 1500 g/mol. The molecule has 0 fully saturated rings. The molecule has 0 aliphatic carbocycles. The zero-order valence-corrected chi connectivity index (χ0v) is 66.1. The lowest BCUT2D eigenvalue weighted by molar-refractivity contribution is 0.415. The third kappa shape index (κ3) is 16.8. The first-order valence-corrected chi connectivity index (χ1v) is 39.3. The molecular formula is C108H90N6O2. The van der Waals surface area contributed by atoms with Gasteiger partial charge in [0.2, 0.25) is 0 Å². The van der Waals surface area contributed by atoms with Crippen molar-refractivity contribution < 1.29 is 9.47 Å². The predicted molar refractivity (Wildman–Crippen MR) is 494 cm³/mol. The van der Waals surface area contributed by atoms with Crippen molar-refractivity contribution >= 4 is 118 Å². The van der Waals surface area contributed by atoms with Gasteiger partial charge in [-0.2, -0.15) is 0 Å². The van der Waals surface area contributed by atoms with E-state index in [4.69, 9.17) is 9.47 Å². The second-order valence-corrected chi connectivity index (χ2v) is 28.7. The van der Waals surface area contributed by atoms with Crippen LogP contribution >= 0.6 is 0 Å². The summed E-state index contributed by atoms with van der Waals surface area (Å²) in [5.74, 6) is 1.70. The highest BCUT2D eigenvalue weighted by atomic mass is 16.5. The fraction of sp³-hybridized carbons (Fsp3) is 0.0556. The molecule has 0 amide bonds. The Hall–Kier alpha value is -14.9. The van der Waals surface area contributed by atoms with Crippen molar-refractivity contribution in [3.05, 3.63) is 442 Å². The first-order valence-electron chi connectivity index (χ1n) is 39.3. The molecule has 0 aromatic heterocycles.